The molecule has 0 saturated heterocycles. The second-order valence-corrected chi connectivity index (χ2v) is 3.48. The zero-order valence-corrected chi connectivity index (χ0v) is 9.49. The zero-order valence-electron chi connectivity index (χ0n) is 9.49. The third-order valence-corrected chi connectivity index (χ3v) is 2.11. The maximum Gasteiger partial charge on any atom is 0.414 e. The smallest absolute Gasteiger partial charge is 0.363 e. The highest BCUT2D eigenvalue weighted by molar-refractivity contribution is 5.91. The number of aromatic nitrogens is 1. The summed E-state index contributed by atoms with van der Waals surface area (Å²) in [6.45, 7) is 0.558. The number of carbonyl (C=O) groups excluding carboxylic acids is 1. The van der Waals surface area contributed by atoms with Crippen LogP contribution in [-0.2, 0) is 11.3 Å². The summed E-state index contributed by atoms with van der Waals surface area (Å²) in [5.41, 5.74) is 2.10. The third-order valence-electron chi connectivity index (χ3n) is 2.11. The van der Waals surface area contributed by atoms with Crippen LogP contribution >= 0.6 is 0 Å². The second kappa shape index (κ2) is 5.78. The Kier molecular flexibility index (Phi) is 4.62. The number of hydrogen-bond donors (Lipinski definition) is 2. The molecule has 0 aromatic carbocycles. The number of nitrogens with two attached hydrogens (primary N) is 1. The van der Waals surface area contributed by atoms with E-state index in [2.05, 4.69) is 9.72 Å². The first-order valence-electron chi connectivity index (χ1n) is 4.99. The Balaban J connectivity index is 2.66. The summed E-state index contributed by atoms with van der Waals surface area (Å²) in [6.07, 6.45) is -6.32. The van der Waals surface area contributed by atoms with Gasteiger partial charge in [-0.1, -0.05) is 6.07 Å². The van der Waals surface area contributed by atoms with Crippen LogP contribution in [0.15, 0.2) is 18.2 Å². The van der Waals surface area contributed by atoms with Crippen LogP contribution in [-0.4, -0.2) is 23.2 Å². The Morgan fingerprint density at radius 2 is 2.22 bits per heavy atom. The average molecular weight is 263 g/mol. The van der Waals surface area contributed by atoms with E-state index in [0.717, 1.165) is 6.92 Å². The molecule has 5 nitrogen and oxygen atoms in total. The fourth-order valence-corrected chi connectivity index (χ4v) is 1.07. The number of pyridine rings is 1. The van der Waals surface area contributed by atoms with Crippen molar-refractivity contribution in [1.29, 1.82) is 0 Å². The van der Waals surface area contributed by atoms with E-state index >= 15 is 0 Å². The molecule has 18 heavy (non-hydrogen) atoms. The summed E-state index contributed by atoms with van der Waals surface area (Å²) in [6, 6.07) is 4.32. The molecule has 0 bridgehead atoms. The van der Waals surface area contributed by atoms with Gasteiger partial charge in [0.25, 0.3) is 5.91 Å². The summed E-state index contributed by atoms with van der Waals surface area (Å²) in [5, 5.41) is 0. The van der Waals surface area contributed by atoms with E-state index in [1.54, 1.807) is 0 Å². The molecule has 1 aromatic rings. The number of ether oxygens (including phenoxy) is 1. The molecule has 0 aliphatic carbocycles. The van der Waals surface area contributed by atoms with E-state index in [4.69, 9.17) is 5.84 Å². The van der Waals surface area contributed by atoms with Gasteiger partial charge in [0.1, 0.15) is 5.69 Å². The van der Waals surface area contributed by atoms with Gasteiger partial charge in [0, 0.05) is 0 Å². The summed E-state index contributed by atoms with van der Waals surface area (Å²) in [7, 11) is 0. The van der Waals surface area contributed by atoms with E-state index in [1.165, 1.54) is 18.2 Å². The number of nitrogens with one attached hydrogen (secondary N) is 1. The van der Waals surface area contributed by atoms with Gasteiger partial charge < -0.3 is 4.74 Å². The molecule has 1 aromatic heterocycles. The Morgan fingerprint density at radius 3 is 2.78 bits per heavy atom. The molecule has 0 saturated carbocycles. The van der Waals surface area contributed by atoms with E-state index in [9.17, 15) is 18.0 Å². The van der Waals surface area contributed by atoms with Crippen LogP contribution in [0, 0.1) is 0 Å². The van der Waals surface area contributed by atoms with Crippen LogP contribution in [0.2, 0.25) is 0 Å². The molecule has 0 radical (unpaired) electrons. The summed E-state index contributed by atoms with van der Waals surface area (Å²) >= 11 is 0. The lowest BCUT2D eigenvalue weighted by molar-refractivity contribution is -0.217. The molecule has 1 unspecified atom stereocenters. The number of nitrogen functional groups attached to an aromatic ring is 1. The minimum Gasteiger partial charge on any atom is -0.363 e. The molecule has 1 rings (SSSR count). The lowest BCUT2D eigenvalue weighted by atomic mass is 10.3. The van der Waals surface area contributed by atoms with Gasteiger partial charge in [-0.15, -0.1) is 0 Å². The molecule has 1 heterocycles. The van der Waals surface area contributed by atoms with Crippen molar-refractivity contribution < 1.29 is 22.7 Å². The molecule has 1 amide bonds. The van der Waals surface area contributed by atoms with Crippen molar-refractivity contribution in [3.8, 4) is 0 Å². The number of hydrogen-bond acceptors (Lipinski definition) is 4. The van der Waals surface area contributed by atoms with Crippen molar-refractivity contribution in [2.24, 2.45) is 5.84 Å². The number of alkyl halides is 3. The van der Waals surface area contributed by atoms with Crippen LogP contribution in [0.1, 0.15) is 23.1 Å². The highest BCUT2D eigenvalue weighted by Gasteiger charge is 2.36. The van der Waals surface area contributed by atoms with Gasteiger partial charge in [0.15, 0.2) is 6.10 Å². The van der Waals surface area contributed by atoms with Crippen LogP contribution in [0.4, 0.5) is 13.2 Å². The molecular formula is C10H12F3N3O2. The predicted molar refractivity (Wildman–Crippen MR) is 56.2 cm³/mol. The zero-order chi connectivity index (χ0) is 13.8. The molecule has 0 spiro atoms. The Bertz CT molecular complexity index is 423. The fourth-order valence-electron chi connectivity index (χ4n) is 1.07. The third kappa shape index (κ3) is 3.97. The van der Waals surface area contributed by atoms with E-state index in [-0.39, 0.29) is 18.0 Å². The van der Waals surface area contributed by atoms with Crippen LogP contribution in [0.3, 0.4) is 0 Å². The Labute approximate surface area is 101 Å². The molecular weight excluding hydrogens is 251 g/mol. The monoisotopic (exact) mass is 263 g/mol. The number of nitrogens with zero attached hydrogens (tertiary/aromatic N) is 1. The van der Waals surface area contributed by atoms with Crippen molar-refractivity contribution in [2.45, 2.75) is 25.8 Å². The number of halogens is 3. The number of rotatable bonds is 4. The van der Waals surface area contributed by atoms with Crippen molar-refractivity contribution in [3.63, 3.8) is 0 Å². The second-order valence-electron chi connectivity index (χ2n) is 3.48. The topological polar surface area (TPSA) is 77.2 Å². The fraction of sp³-hybridized carbons (Fsp3) is 0.400. The quantitative estimate of drug-likeness (QED) is 0.485. The average Bonchev–Trinajstić information content (AvgIpc) is 2.34. The summed E-state index contributed by atoms with van der Waals surface area (Å²) in [5.74, 6) is 4.29. The Morgan fingerprint density at radius 1 is 1.56 bits per heavy atom. The normalized spacial score (nSPS) is 13.2. The van der Waals surface area contributed by atoms with Gasteiger partial charge in [0.05, 0.1) is 12.3 Å². The predicted octanol–water partition coefficient (Wildman–Crippen LogP) is 1.15. The minimum atomic E-state index is -4.42. The lowest BCUT2D eigenvalue weighted by Gasteiger charge is -2.16. The maximum absolute atomic E-state index is 12.2. The van der Waals surface area contributed by atoms with Crippen molar-refractivity contribution >= 4 is 5.91 Å². The van der Waals surface area contributed by atoms with Gasteiger partial charge in [-0.3, -0.25) is 10.2 Å². The maximum atomic E-state index is 12.2. The van der Waals surface area contributed by atoms with Gasteiger partial charge in [-0.2, -0.15) is 13.2 Å². The standard InChI is InChI=1S/C10H12F3N3O2/c1-6(10(11,12)13)18-5-7-3-2-4-8(15-7)9(17)16-14/h2-4,6H,5,14H2,1H3,(H,16,17). The van der Waals surface area contributed by atoms with Crippen LogP contribution < -0.4 is 11.3 Å². The summed E-state index contributed by atoms with van der Waals surface area (Å²) in [4.78, 5) is 15.0. The van der Waals surface area contributed by atoms with Crippen LogP contribution in [0.5, 0.6) is 0 Å². The van der Waals surface area contributed by atoms with Gasteiger partial charge >= 0.3 is 6.18 Å². The van der Waals surface area contributed by atoms with Crippen molar-refractivity contribution in [3.05, 3.63) is 29.6 Å². The van der Waals surface area contributed by atoms with E-state index in [0.29, 0.717) is 0 Å². The molecule has 0 fully saturated rings. The molecule has 0 aliphatic rings. The first kappa shape index (κ1) is 14.4. The van der Waals surface area contributed by atoms with Crippen LogP contribution in [0.25, 0.3) is 0 Å². The van der Waals surface area contributed by atoms with Crippen molar-refractivity contribution in [1.82, 2.24) is 10.4 Å². The molecule has 100 valence electrons. The lowest BCUT2D eigenvalue weighted by Crippen LogP contribution is -2.31. The number of carbonyl (C=O) groups is 1. The minimum absolute atomic E-state index is 0.0123. The highest BCUT2D eigenvalue weighted by Crippen LogP contribution is 2.22. The SMILES string of the molecule is CC(OCc1cccc(C(=O)NN)n1)C(F)(F)F. The number of amides is 1. The van der Waals surface area contributed by atoms with E-state index < -0.39 is 18.2 Å². The summed E-state index contributed by atoms with van der Waals surface area (Å²) < 4.78 is 41.2. The first-order chi connectivity index (χ1) is 8.34. The molecule has 0 aliphatic heterocycles. The van der Waals surface area contributed by atoms with E-state index in [1.807, 2.05) is 5.43 Å². The Hall–Kier alpha value is -1.67. The molecule has 8 heteroatoms. The van der Waals surface area contributed by atoms with Gasteiger partial charge in [-0.25, -0.2) is 10.8 Å². The largest absolute Gasteiger partial charge is 0.414 e. The number of hydrazine groups is 1. The highest BCUT2D eigenvalue weighted by atomic mass is 19.4. The van der Waals surface area contributed by atoms with Gasteiger partial charge in [0.2, 0.25) is 0 Å². The molecule has 3 N–H and O–H groups in total. The van der Waals surface area contributed by atoms with Crippen molar-refractivity contribution in [2.75, 3.05) is 0 Å². The first-order valence-corrected chi connectivity index (χ1v) is 4.99. The van der Waals surface area contributed by atoms with Gasteiger partial charge in [-0.05, 0) is 19.1 Å². The molecule has 1 atom stereocenters.